The van der Waals surface area contributed by atoms with Crippen LogP contribution < -0.4 is 10.6 Å². The number of benzene rings is 2. The van der Waals surface area contributed by atoms with Crippen LogP contribution >= 0.6 is 24.0 Å². The fraction of sp³-hybridized carbons (Fsp3) is 0.238. The van der Waals surface area contributed by atoms with E-state index in [1.165, 1.54) is 5.56 Å². The molecule has 0 radical (unpaired) electrons. The van der Waals surface area contributed by atoms with Crippen molar-refractivity contribution in [2.24, 2.45) is 4.99 Å². The minimum atomic E-state index is 0. The number of aliphatic imine (C=N–C) groups is 1. The summed E-state index contributed by atoms with van der Waals surface area (Å²) in [6.07, 6.45) is 3.71. The zero-order valence-corrected chi connectivity index (χ0v) is 18.0. The lowest BCUT2D eigenvalue weighted by Gasteiger charge is -2.18. The Morgan fingerprint density at radius 1 is 1.07 bits per heavy atom. The molecule has 0 saturated carbocycles. The zero-order chi connectivity index (χ0) is 18.2. The van der Waals surface area contributed by atoms with Crippen LogP contribution in [0.15, 0.2) is 78.0 Å². The van der Waals surface area contributed by atoms with E-state index in [9.17, 15) is 0 Å². The maximum Gasteiger partial charge on any atom is 0.192 e. The molecular weight excluding hydrogens is 449 g/mol. The van der Waals surface area contributed by atoms with E-state index in [1.807, 2.05) is 23.0 Å². The van der Waals surface area contributed by atoms with Crippen molar-refractivity contribution in [1.29, 1.82) is 0 Å². The molecule has 0 bridgehead atoms. The Balaban J connectivity index is 0.00000261. The number of guanidine groups is 1. The standard InChI is InChI=1S/C21H25N5.HI/c1-3-22-21(25-17(2)19-8-5-4-6-9-19)23-16-18-10-12-20(13-11-18)26-15-7-14-24-26;/h4-15,17H,3,16H2,1-2H3,(H2,22,23,25);1H. The average molecular weight is 475 g/mol. The van der Waals surface area contributed by atoms with Gasteiger partial charge in [0.15, 0.2) is 5.96 Å². The molecule has 0 spiro atoms. The first kappa shape index (κ1) is 21.0. The molecule has 27 heavy (non-hydrogen) atoms. The Morgan fingerprint density at radius 3 is 2.44 bits per heavy atom. The second-order valence-electron chi connectivity index (χ2n) is 6.09. The molecule has 0 aliphatic rings. The maximum absolute atomic E-state index is 4.71. The van der Waals surface area contributed by atoms with Crippen LogP contribution in [0.25, 0.3) is 5.69 Å². The van der Waals surface area contributed by atoms with E-state index in [4.69, 9.17) is 4.99 Å². The maximum atomic E-state index is 4.71. The summed E-state index contributed by atoms with van der Waals surface area (Å²) < 4.78 is 1.85. The van der Waals surface area contributed by atoms with Crippen molar-refractivity contribution in [3.8, 4) is 5.69 Å². The van der Waals surface area contributed by atoms with Crippen molar-refractivity contribution >= 4 is 29.9 Å². The zero-order valence-electron chi connectivity index (χ0n) is 15.7. The van der Waals surface area contributed by atoms with Crippen molar-refractivity contribution in [3.05, 3.63) is 84.2 Å². The van der Waals surface area contributed by atoms with Gasteiger partial charge in [0.05, 0.1) is 18.3 Å². The highest BCUT2D eigenvalue weighted by Crippen LogP contribution is 2.12. The molecule has 3 rings (SSSR count). The van der Waals surface area contributed by atoms with Crippen LogP contribution in [0.3, 0.4) is 0 Å². The topological polar surface area (TPSA) is 54.2 Å². The van der Waals surface area contributed by atoms with Gasteiger partial charge < -0.3 is 10.6 Å². The number of nitrogens with one attached hydrogen (secondary N) is 2. The van der Waals surface area contributed by atoms with E-state index in [0.29, 0.717) is 6.54 Å². The minimum Gasteiger partial charge on any atom is -0.357 e. The number of aromatic nitrogens is 2. The molecule has 1 unspecified atom stereocenters. The summed E-state index contributed by atoms with van der Waals surface area (Å²) in [5.74, 6) is 0.819. The molecule has 1 aromatic heterocycles. The van der Waals surface area contributed by atoms with Gasteiger partial charge in [0.1, 0.15) is 0 Å². The average Bonchev–Trinajstić information content (AvgIpc) is 3.22. The van der Waals surface area contributed by atoms with Gasteiger partial charge in [-0.3, -0.25) is 0 Å². The Kier molecular flexibility index (Phi) is 8.32. The molecule has 6 heteroatoms. The van der Waals surface area contributed by atoms with Crippen molar-refractivity contribution in [1.82, 2.24) is 20.4 Å². The first-order valence-electron chi connectivity index (χ1n) is 8.95. The number of hydrogen-bond donors (Lipinski definition) is 2. The summed E-state index contributed by atoms with van der Waals surface area (Å²) in [6, 6.07) is 20.8. The van der Waals surface area contributed by atoms with Crippen LogP contribution in [-0.4, -0.2) is 22.3 Å². The molecular formula is C21H26IN5. The summed E-state index contributed by atoms with van der Waals surface area (Å²) in [4.78, 5) is 4.71. The van der Waals surface area contributed by atoms with Gasteiger partial charge >= 0.3 is 0 Å². The Bertz CT molecular complexity index is 814. The van der Waals surface area contributed by atoms with Crippen molar-refractivity contribution in [3.63, 3.8) is 0 Å². The van der Waals surface area contributed by atoms with Crippen LogP contribution in [0.4, 0.5) is 0 Å². The second-order valence-corrected chi connectivity index (χ2v) is 6.09. The highest BCUT2D eigenvalue weighted by atomic mass is 127. The van der Waals surface area contributed by atoms with Gasteiger partial charge in [0, 0.05) is 18.9 Å². The van der Waals surface area contributed by atoms with E-state index in [1.54, 1.807) is 6.20 Å². The molecule has 1 atom stereocenters. The van der Waals surface area contributed by atoms with Gasteiger partial charge in [-0.15, -0.1) is 24.0 Å². The third kappa shape index (κ3) is 6.09. The van der Waals surface area contributed by atoms with Crippen LogP contribution in [0.2, 0.25) is 0 Å². The van der Waals surface area contributed by atoms with Crippen molar-refractivity contribution < 1.29 is 0 Å². The Morgan fingerprint density at radius 2 is 1.81 bits per heavy atom. The fourth-order valence-electron chi connectivity index (χ4n) is 2.70. The third-order valence-corrected chi connectivity index (χ3v) is 4.12. The third-order valence-electron chi connectivity index (χ3n) is 4.12. The first-order chi connectivity index (χ1) is 12.8. The lowest BCUT2D eigenvalue weighted by molar-refractivity contribution is 0.686. The lowest BCUT2D eigenvalue weighted by Crippen LogP contribution is -2.38. The Labute approximate surface area is 177 Å². The van der Waals surface area contributed by atoms with Gasteiger partial charge in [0.25, 0.3) is 0 Å². The summed E-state index contributed by atoms with van der Waals surface area (Å²) >= 11 is 0. The van der Waals surface area contributed by atoms with Gasteiger partial charge in [-0.2, -0.15) is 5.10 Å². The summed E-state index contributed by atoms with van der Waals surface area (Å²) in [5.41, 5.74) is 3.44. The number of nitrogens with zero attached hydrogens (tertiary/aromatic N) is 3. The fourth-order valence-corrected chi connectivity index (χ4v) is 2.70. The molecule has 0 aliphatic heterocycles. The predicted octanol–water partition coefficient (Wildman–Crippen LogP) is 4.31. The molecule has 0 saturated heterocycles. The SMILES string of the molecule is CCNC(=NCc1ccc(-n2cccn2)cc1)NC(C)c1ccccc1.I. The molecule has 2 N–H and O–H groups in total. The van der Waals surface area contributed by atoms with E-state index >= 15 is 0 Å². The van der Waals surface area contributed by atoms with Gasteiger partial charge in [-0.1, -0.05) is 42.5 Å². The second kappa shape index (κ2) is 10.7. The molecule has 0 aliphatic carbocycles. The highest BCUT2D eigenvalue weighted by Gasteiger charge is 2.07. The number of rotatable bonds is 6. The van der Waals surface area contributed by atoms with Gasteiger partial charge in [0.2, 0.25) is 0 Å². The molecule has 1 heterocycles. The first-order valence-corrected chi connectivity index (χ1v) is 8.95. The smallest absolute Gasteiger partial charge is 0.192 e. The summed E-state index contributed by atoms with van der Waals surface area (Å²) in [7, 11) is 0. The van der Waals surface area contributed by atoms with Crippen LogP contribution in [-0.2, 0) is 6.54 Å². The highest BCUT2D eigenvalue weighted by molar-refractivity contribution is 14.0. The lowest BCUT2D eigenvalue weighted by atomic mass is 10.1. The number of hydrogen-bond acceptors (Lipinski definition) is 2. The van der Waals surface area contributed by atoms with Crippen molar-refractivity contribution in [2.45, 2.75) is 26.4 Å². The monoisotopic (exact) mass is 475 g/mol. The minimum absolute atomic E-state index is 0. The molecule has 0 amide bonds. The van der Waals surface area contributed by atoms with Gasteiger partial charge in [-0.05, 0) is 43.2 Å². The van der Waals surface area contributed by atoms with E-state index in [0.717, 1.165) is 23.8 Å². The number of halogens is 1. The summed E-state index contributed by atoms with van der Waals surface area (Å²) in [6.45, 7) is 5.66. The van der Waals surface area contributed by atoms with Crippen LogP contribution in [0.1, 0.15) is 31.0 Å². The molecule has 0 fully saturated rings. The van der Waals surface area contributed by atoms with Crippen LogP contribution in [0, 0.1) is 0 Å². The molecule has 3 aromatic rings. The van der Waals surface area contributed by atoms with E-state index < -0.39 is 0 Å². The normalized spacial score (nSPS) is 12.1. The van der Waals surface area contributed by atoms with Crippen LogP contribution in [0.5, 0.6) is 0 Å². The quantitative estimate of drug-likeness (QED) is 0.318. The molecule has 2 aromatic carbocycles. The van der Waals surface area contributed by atoms with Gasteiger partial charge in [-0.25, -0.2) is 9.67 Å². The molecule has 142 valence electrons. The van der Waals surface area contributed by atoms with E-state index in [-0.39, 0.29) is 30.0 Å². The predicted molar refractivity (Wildman–Crippen MR) is 122 cm³/mol. The Hall–Kier alpha value is -2.35. The largest absolute Gasteiger partial charge is 0.357 e. The van der Waals surface area contributed by atoms with E-state index in [2.05, 4.69) is 78.1 Å². The van der Waals surface area contributed by atoms with Crippen molar-refractivity contribution in [2.75, 3.05) is 6.54 Å². The molecule has 5 nitrogen and oxygen atoms in total. The summed E-state index contributed by atoms with van der Waals surface area (Å²) in [5, 5.41) is 11.0.